The van der Waals surface area contributed by atoms with Crippen molar-refractivity contribution < 1.29 is 14.6 Å². The number of likely N-dealkylation sites (tertiary alicyclic amines) is 2. The van der Waals surface area contributed by atoms with Gasteiger partial charge in [-0.25, -0.2) is 4.79 Å². The van der Waals surface area contributed by atoms with Crippen molar-refractivity contribution in [3.8, 4) is 11.5 Å². The maximum Gasteiger partial charge on any atom is 0.335 e. The molecule has 0 amide bonds. The van der Waals surface area contributed by atoms with E-state index >= 15 is 0 Å². The monoisotopic (exact) mass is 428 g/mol. The number of ether oxygens (including phenoxy) is 1. The Labute approximate surface area is 188 Å². The van der Waals surface area contributed by atoms with E-state index in [-0.39, 0.29) is 0 Å². The molecule has 5 heteroatoms. The quantitative estimate of drug-likeness (QED) is 0.565. The lowest BCUT2D eigenvalue weighted by molar-refractivity contribution is 0.0697. The van der Waals surface area contributed by atoms with Crippen LogP contribution in [0.15, 0.2) is 78.9 Å². The van der Waals surface area contributed by atoms with Gasteiger partial charge < -0.3 is 9.84 Å². The molecule has 0 aromatic heterocycles. The summed E-state index contributed by atoms with van der Waals surface area (Å²) < 4.78 is 5.89. The molecule has 0 aliphatic carbocycles. The van der Waals surface area contributed by atoms with Gasteiger partial charge in [-0.2, -0.15) is 0 Å². The Morgan fingerprint density at radius 3 is 2.09 bits per heavy atom. The molecule has 2 saturated heterocycles. The largest absolute Gasteiger partial charge is 0.478 e. The van der Waals surface area contributed by atoms with Crippen molar-refractivity contribution >= 4 is 5.97 Å². The van der Waals surface area contributed by atoms with E-state index in [1.165, 1.54) is 17.5 Å². The molecule has 2 bridgehead atoms. The normalized spacial score (nSPS) is 20.5. The summed E-state index contributed by atoms with van der Waals surface area (Å²) in [4.78, 5) is 16.2. The van der Waals surface area contributed by atoms with Crippen LogP contribution in [0.25, 0.3) is 0 Å². The highest BCUT2D eigenvalue weighted by atomic mass is 16.5. The third-order valence-electron chi connectivity index (χ3n) is 6.64. The van der Waals surface area contributed by atoms with Crippen molar-refractivity contribution in [1.29, 1.82) is 0 Å². The molecular weight excluding hydrogens is 400 g/mol. The second-order valence-corrected chi connectivity index (χ2v) is 8.78. The molecule has 2 aliphatic heterocycles. The van der Waals surface area contributed by atoms with Crippen LogP contribution in [-0.4, -0.2) is 52.6 Å². The lowest BCUT2D eigenvalue weighted by Gasteiger charge is -2.34. The predicted octanol–water partition coefficient (Wildman–Crippen LogP) is 4.68. The van der Waals surface area contributed by atoms with Gasteiger partial charge in [0.1, 0.15) is 11.5 Å². The fourth-order valence-electron chi connectivity index (χ4n) is 4.91. The maximum atomic E-state index is 11.0. The van der Waals surface area contributed by atoms with Crippen LogP contribution in [0.4, 0.5) is 0 Å². The molecule has 3 aromatic rings. The molecule has 164 valence electrons. The minimum atomic E-state index is -0.870. The highest BCUT2D eigenvalue weighted by Gasteiger charge is 2.42. The molecule has 2 heterocycles. The highest BCUT2D eigenvalue weighted by Crippen LogP contribution is 2.32. The zero-order valence-corrected chi connectivity index (χ0v) is 18.1. The van der Waals surface area contributed by atoms with Crippen LogP contribution < -0.4 is 4.74 Å². The van der Waals surface area contributed by atoms with Crippen LogP contribution >= 0.6 is 0 Å². The molecular formula is C27H28N2O3. The Morgan fingerprint density at radius 1 is 0.812 bits per heavy atom. The molecule has 2 aliphatic rings. The molecule has 32 heavy (non-hydrogen) atoms. The Balaban J connectivity index is 1.09. The number of aromatic carboxylic acids is 1. The first-order valence-corrected chi connectivity index (χ1v) is 11.3. The Morgan fingerprint density at radius 2 is 1.44 bits per heavy atom. The molecule has 5 rings (SSSR count). The molecule has 1 N–H and O–H groups in total. The third kappa shape index (κ3) is 4.69. The van der Waals surface area contributed by atoms with E-state index < -0.39 is 5.97 Å². The molecule has 0 spiro atoms. The standard InChI is InChI=1S/C27H28N2O3/c30-27(31)22-10-6-21(7-11-22)17-29-19-23-16-24(29)18-28(23)15-14-20-8-12-26(13-9-20)32-25-4-2-1-3-5-25/h1-13,23-24H,14-19H2,(H,30,31)/t23-,24-/m0/s1. The average Bonchev–Trinajstić information content (AvgIpc) is 3.40. The summed E-state index contributed by atoms with van der Waals surface area (Å²) in [6.07, 6.45) is 2.28. The second kappa shape index (κ2) is 9.15. The van der Waals surface area contributed by atoms with E-state index in [1.807, 2.05) is 42.5 Å². The topological polar surface area (TPSA) is 53.0 Å². The Hall–Kier alpha value is -3.15. The summed E-state index contributed by atoms with van der Waals surface area (Å²) >= 11 is 0. The van der Waals surface area contributed by atoms with Crippen molar-refractivity contribution in [1.82, 2.24) is 9.80 Å². The van der Waals surface area contributed by atoms with Crippen molar-refractivity contribution in [2.45, 2.75) is 31.5 Å². The minimum Gasteiger partial charge on any atom is -0.478 e. The van der Waals surface area contributed by atoms with E-state index in [0.717, 1.165) is 44.1 Å². The van der Waals surface area contributed by atoms with E-state index in [1.54, 1.807) is 12.1 Å². The molecule has 2 atom stereocenters. The molecule has 0 unspecified atom stereocenters. The summed E-state index contributed by atoms with van der Waals surface area (Å²) in [7, 11) is 0. The summed E-state index contributed by atoms with van der Waals surface area (Å²) in [5.41, 5.74) is 2.87. The van der Waals surface area contributed by atoms with Crippen molar-refractivity contribution in [2.24, 2.45) is 0 Å². The molecule has 0 saturated carbocycles. The van der Waals surface area contributed by atoms with Gasteiger partial charge in [0, 0.05) is 38.3 Å². The fourth-order valence-corrected chi connectivity index (χ4v) is 4.91. The number of benzene rings is 3. The lowest BCUT2D eigenvalue weighted by Crippen LogP contribution is -2.46. The summed E-state index contributed by atoms with van der Waals surface area (Å²) in [6.45, 7) is 4.20. The number of carboxylic acids is 1. The molecule has 0 radical (unpaired) electrons. The van der Waals surface area contributed by atoms with Crippen molar-refractivity contribution in [2.75, 3.05) is 19.6 Å². The van der Waals surface area contributed by atoms with Crippen LogP contribution in [0, 0.1) is 0 Å². The second-order valence-electron chi connectivity index (χ2n) is 8.78. The van der Waals surface area contributed by atoms with Crippen molar-refractivity contribution in [3.63, 3.8) is 0 Å². The van der Waals surface area contributed by atoms with Crippen LogP contribution in [0.1, 0.15) is 27.9 Å². The van der Waals surface area contributed by atoms with Gasteiger partial charge in [-0.05, 0) is 60.4 Å². The first-order valence-electron chi connectivity index (χ1n) is 11.3. The highest BCUT2D eigenvalue weighted by molar-refractivity contribution is 5.87. The maximum absolute atomic E-state index is 11.0. The van der Waals surface area contributed by atoms with Crippen LogP contribution in [0.2, 0.25) is 0 Å². The van der Waals surface area contributed by atoms with Gasteiger partial charge in [0.15, 0.2) is 0 Å². The summed E-state index contributed by atoms with van der Waals surface area (Å²) in [5.74, 6) is 0.855. The van der Waals surface area contributed by atoms with Crippen LogP contribution in [0.3, 0.4) is 0 Å². The first kappa shape index (κ1) is 20.7. The van der Waals surface area contributed by atoms with Gasteiger partial charge in [0.25, 0.3) is 0 Å². The van der Waals surface area contributed by atoms with Gasteiger partial charge in [0.2, 0.25) is 0 Å². The average molecular weight is 429 g/mol. The van der Waals surface area contributed by atoms with Gasteiger partial charge in [-0.15, -0.1) is 0 Å². The number of rotatable bonds is 8. The van der Waals surface area contributed by atoms with Gasteiger partial charge in [-0.1, -0.05) is 42.5 Å². The van der Waals surface area contributed by atoms with Crippen LogP contribution in [0.5, 0.6) is 11.5 Å². The Bertz CT molecular complexity index is 1050. The minimum absolute atomic E-state index is 0.350. The first-order chi connectivity index (χ1) is 15.6. The van der Waals surface area contributed by atoms with Crippen molar-refractivity contribution in [3.05, 3.63) is 95.6 Å². The number of piperazine rings is 1. The zero-order chi connectivity index (χ0) is 21.9. The number of para-hydroxylation sites is 1. The molecule has 5 nitrogen and oxygen atoms in total. The van der Waals surface area contributed by atoms with Crippen LogP contribution in [-0.2, 0) is 13.0 Å². The number of nitrogens with zero attached hydrogens (tertiary/aromatic N) is 2. The fraction of sp³-hybridized carbons (Fsp3) is 0.296. The molecule has 2 fully saturated rings. The summed E-state index contributed by atoms with van der Waals surface area (Å²) in [6, 6.07) is 26.8. The molecule has 3 aromatic carbocycles. The van der Waals surface area contributed by atoms with Gasteiger partial charge >= 0.3 is 5.97 Å². The number of carboxylic acid groups (broad SMARTS) is 1. The predicted molar refractivity (Wildman–Crippen MR) is 124 cm³/mol. The number of fused-ring (bicyclic) bond motifs is 2. The smallest absolute Gasteiger partial charge is 0.335 e. The number of hydrogen-bond donors (Lipinski definition) is 1. The van der Waals surface area contributed by atoms with E-state index in [0.29, 0.717) is 17.6 Å². The van der Waals surface area contributed by atoms with E-state index in [9.17, 15) is 4.79 Å². The van der Waals surface area contributed by atoms with E-state index in [2.05, 4.69) is 34.1 Å². The van der Waals surface area contributed by atoms with E-state index in [4.69, 9.17) is 9.84 Å². The summed E-state index contributed by atoms with van der Waals surface area (Å²) in [5, 5.41) is 9.06. The van der Waals surface area contributed by atoms with Gasteiger partial charge in [0.05, 0.1) is 5.56 Å². The van der Waals surface area contributed by atoms with Gasteiger partial charge in [-0.3, -0.25) is 9.80 Å². The zero-order valence-electron chi connectivity index (χ0n) is 18.1. The Kier molecular flexibility index (Phi) is 5.93. The lowest BCUT2D eigenvalue weighted by atomic mass is 10.1. The SMILES string of the molecule is O=C(O)c1ccc(CN2C[C@@H]3C[C@H]2CN3CCc2ccc(Oc3ccccc3)cc2)cc1. The number of carbonyl (C=O) groups is 1. The third-order valence-corrected chi connectivity index (χ3v) is 6.64. The number of hydrogen-bond acceptors (Lipinski definition) is 4.